The van der Waals surface area contributed by atoms with Crippen molar-refractivity contribution in [1.82, 2.24) is 15.3 Å². The maximum Gasteiger partial charge on any atom is 0.277 e. The quantitative estimate of drug-likeness (QED) is 0.263. The highest BCUT2D eigenvalue weighted by Crippen LogP contribution is 2.43. The summed E-state index contributed by atoms with van der Waals surface area (Å²) in [5.74, 6) is -0.324. The van der Waals surface area contributed by atoms with Gasteiger partial charge in [-0.05, 0) is 71.8 Å². The van der Waals surface area contributed by atoms with Gasteiger partial charge >= 0.3 is 0 Å². The van der Waals surface area contributed by atoms with E-state index < -0.39 is 11.0 Å². The van der Waals surface area contributed by atoms with E-state index in [9.17, 15) is 12.8 Å². The minimum Gasteiger partial charge on any atom is -0.361 e. The second kappa shape index (κ2) is 9.57. The molecule has 0 fully saturated rings. The van der Waals surface area contributed by atoms with Crippen molar-refractivity contribution in [2.24, 2.45) is 0 Å². The van der Waals surface area contributed by atoms with E-state index in [0.29, 0.717) is 11.3 Å². The molecule has 0 saturated heterocycles. The van der Waals surface area contributed by atoms with Crippen molar-refractivity contribution < 1.29 is 17.1 Å². The van der Waals surface area contributed by atoms with E-state index in [1.807, 2.05) is 48.6 Å². The van der Waals surface area contributed by atoms with E-state index in [0.717, 1.165) is 39.0 Å². The number of thiol groups is 1. The molecule has 9 heteroatoms. The van der Waals surface area contributed by atoms with Gasteiger partial charge in [-0.25, -0.2) is 17.9 Å². The Labute approximate surface area is 203 Å². The molecule has 2 aromatic carbocycles. The molecule has 0 bridgehead atoms. The van der Waals surface area contributed by atoms with Gasteiger partial charge < -0.3 is 10.3 Å². The number of nitrogens with one attached hydrogen (secondary N) is 2. The number of aromatic nitrogens is 2. The third-order valence-electron chi connectivity index (χ3n) is 5.67. The Morgan fingerprint density at radius 1 is 0.914 bits per heavy atom. The van der Waals surface area contributed by atoms with Crippen molar-refractivity contribution in [3.63, 3.8) is 0 Å². The van der Waals surface area contributed by atoms with Crippen molar-refractivity contribution in [2.75, 3.05) is 12.1 Å². The molecule has 1 aliphatic heterocycles. The Bertz CT molecular complexity index is 1550. The molecule has 2 N–H and O–H groups in total. The zero-order chi connectivity index (χ0) is 24.4. The van der Waals surface area contributed by atoms with Gasteiger partial charge in [-0.15, -0.1) is 0 Å². The largest absolute Gasteiger partial charge is 0.361 e. The van der Waals surface area contributed by atoms with Gasteiger partial charge in [0, 0.05) is 47.9 Å². The van der Waals surface area contributed by atoms with Crippen molar-refractivity contribution in [1.29, 1.82) is 0 Å². The summed E-state index contributed by atoms with van der Waals surface area (Å²) in [6.45, 7) is 0. The van der Waals surface area contributed by atoms with E-state index in [4.69, 9.17) is 4.28 Å². The van der Waals surface area contributed by atoms with E-state index in [2.05, 4.69) is 15.3 Å². The number of H-pyrrole nitrogens is 1. The van der Waals surface area contributed by atoms with Gasteiger partial charge in [0.25, 0.3) is 11.0 Å². The second-order valence-electron chi connectivity index (χ2n) is 7.77. The first-order valence-corrected chi connectivity index (χ1v) is 11.8. The fourth-order valence-electron chi connectivity index (χ4n) is 4.20. The van der Waals surface area contributed by atoms with Crippen LogP contribution in [0.25, 0.3) is 39.0 Å². The van der Waals surface area contributed by atoms with Gasteiger partial charge in [-0.2, -0.15) is 4.28 Å². The number of halogens is 1. The topological polar surface area (TPSA) is 87.3 Å². The monoisotopic (exact) mass is 488 g/mol. The maximum atomic E-state index is 13.7. The first kappa shape index (κ1) is 22.6. The minimum absolute atomic E-state index is 0.324. The molecule has 35 heavy (non-hydrogen) atoms. The number of hydrogen-bond acceptors (Lipinski definition) is 6. The molecule has 2 aromatic heterocycles. The third-order valence-corrected chi connectivity index (χ3v) is 6.05. The van der Waals surface area contributed by atoms with Crippen LogP contribution in [0, 0.1) is 5.82 Å². The van der Waals surface area contributed by atoms with Gasteiger partial charge in [-0.1, -0.05) is 12.2 Å². The lowest BCUT2D eigenvalue weighted by molar-refractivity contribution is 0.320. The number of allylic oxidation sites excluding steroid dienone is 4. The Balaban J connectivity index is 1.85. The minimum atomic E-state index is -3.11. The highest BCUT2D eigenvalue weighted by molar-refractivity contribution is 7.67. The molecule has 4 aromatic rings. The van der Waals surface area contributed by atoms with Crippen LogP contribution in [0.3, 0.4) is 0 Å². The highest BCUT2D eigenvalue weighted by Gasteiger charge is 2.23. The number of nitrogens with zero attached hydrogens (tertiary/aromatic N) is 2. The summed E-state index contributed by atoms with van der Waals surface area (Å²) in [5, 5.41) is 5.37. The molecule has 0 aliphatic carbocycles. The Morgan fingerprint density at radius 3 is 2.43 bits per heavy atom. The van der Waals surface area contributed by atoms with Crippen LogP contribution < -0.4 is 10.4 Å². The van der Waals surface area contributed by atoms with Crippen molar-refractivity contribution >= 4 is 33.3 Å². The molecule has 0 radical (unpaired) electrons. The average Bonchev–Trinajstić information content (AvgIpc) is 3.03. The zero-order valence-electron chi connectivity index (χ0n) is 18.6. The first-order valence-electron chi connectivity index (χ1n) is 10.7. The average molecular weight is 489 g/mol. The van der Waals surface area contributed by atoms with Crippen LogP contribution in [0.5, 0.6) is 0 Å². The zero-order valence-corrected chi connectivity index (χ0v) is 19.5. The summed E-state index contributed by atoms with van der Waals surface area (Å²) in [6, 6.07) is 13.8. The molecule has 0 unspecified atom stereocenters. The summed E-state index contributed by atoms with van der Waals surface area (Å²) < 4.78 is 41.3. The normalized spacial score (nSPS) is 13.1. The number of rotatable bonds is 6. The first-order chi connectivity index (χ1) is 17.0. The summed E-state index contributed by atoms with van der Waals surface area (Å²) >= 11 is 0. The van der Waals surface area contributed by atoms with Crippen LogP contribution in [0.4, 0.5) is 10.1 Å². The molecular formula is C26H21FN4O3S. The summed E-state index contributed by atoms with van der Waals surface area (Å²) in [6.07, 6.45) is 12.8. The van der Waals surface area contributed by atoms with E-state index >= 15 is 0 Å². The van der Waals surface area contributed by atoms with Crippen LogP contribution in [-0.4, -0.2) is 25.4 Å². The van der Waals surface area contributed by atoms with E-state index in [1.165, 1.54) is 24.2 Å². The van der Waals surface area contributed by atoms with E-state index in [-0.39, 0.29) is 5.82 Å². The lowest BCUT2D eigenvalue weighted by atomic mass is 9.97. The van der Waals surface area contributed by atoms with Gasteiger partial charge in [0.15, 0.2) is 0 Å². The lowest BCUT2D eigenvalue weighted by Crippen LogP contribution is -2.19. The third kappa shape index (κ3) is 4.46. The van der Waals surface area contributed by atoms with E-state index in [1.54, 1.807) is 30.7 Å². The smallest absolute Gasteiger partial charge is 0.277 e. The van der Waals surface area contributed by atoms with Crippen LogP contribution in [-0.2, 0) is 15.3 Å². The SMILES string of the molecule is CN(O[SH](=O)=O)c1ccc2c(-c3ccncc3)c(-c3ccc(F)cc3)[nH]c2c1C1=CC=CC=CN1. The summed E-state index contributed by atoms with van der Waals surface area (Å²) in [4.78, 5) is 7.67. The predicted octanol–water partition coefficient (Wildman–Crippen LogP) is 4.94. The van der Waals surface area contributed by atoms with Gasteiger partial charge in [0.05, 0.1) is 16.9 Å². The Kier molecular flexibility index (Phi) is 6.17. The molecule has 176 valence electrons. The summed E-state index contributed by atoms with van der Waals surface area (Å²) in [5.41, 5.74) is 6.18. The highest BCUT2D eigenvalue weighted by atomic mass is 32.2. The van der Waals surface area contributed by atoms with Crippen LogP contribution in [0.1, 0.15) is 5.56 Å². The fraction of sp³-hybridized carbons (Fsp3) is 0.0385. The van der Waals surface area contributed by atoms with Crippen LogP contribution in [0.15, 0.2) is 91.4 Å². The van der Waals surface area contributed by atoms with Gasteiger partial charge in [0.2, 0.25) is 0 Å². The molecule has 0 amide bonds. The molecule has 5 rings (SSSR count). The molecule has 0 spiro atoms. The number of hydroxylamine groups is 1. The number of aromatic amines is 1. The fourth-order valence-corrected chi connectivity index (χ4v) is 4.48. The Morgan fingerprint density at radius 2 is 1.69 bits per heavy atom. The molecule has 0 saturated carbocycles. The lowest BCUT2D eigenvalue weighted by Gasteiger charge is -2.21. The maximum absolute atomic E-state index is 13.7. The van der Waals surface area contributed by atoms with Crippen molar-refractivity contribution in [2.45, 2.75) is 0 Å². The molecule has 3 heterocycles. The van der Waals surface area contributed by atoms with Crippen molar-refractivity contribution in [3.8, 4) is 22.4 Å². The van der Waals surface area contributed by atoms with Gasteiger partial charge in [0.1, 0.15) is 5.82 Å². The Hall–Kier alpha value is -4.21. The standard InChI is InChI=1S/C26H21FN4O3S/c1-31(34-35(32)33)22-11-10-20-23(17-12-15-28-16-13-17)25(18-6-8-19(27)9-7-18)30-26(20)24(22)21-5-3-2-4-14-29-21/h2-16,29-30,35H,1H3. The summed E-state index contributed by atoms with van der Waals surface area (Å²) in [7, 11) is -1.58. The van der Waals surface area contributed by atoms with Crippen molar-refractivity contribution in [3.05, 3.63) is 103 Å². The predicted molar refractivity (Wildman–Crippen MR) is 136 cm³/mol. The molecule has 7 nitrogen and oxygen atoms in total. The van der Waals surface area contributed by atoms with Crippen LogP contribution in [0.2, 0.25) is 0 Å². The number of anilines is 1. The number of benzene rings is 2. The number of pyridine rings is 1. The number of fused-ring (bicyclic) bond motifs is 1. The molecule has 0 atom stereocenters. The molecule has 1 aliphatic rings. The molecular weight excluding hydrogens is 467 g/mol. The number of hydrogen-bond donors (Lipinski definition) is 3. The van der Waals surface area contributed by atoms with Gasteiger partial charge in [-0.3, -0.25) is 4.98 Å². The van der Waals surface area contributed by atoms with Crippen LogP contribution >= 0.6 is 0 Å². The second-order valence-corrected chi connectivity index (χ2v) is 8.38.